The molecule has 0 spiro atoms. The third-order valence-corrected chi connectivity index (χ3v) is 6.89. The zero-order chi connectivity index (χ0) is 27.9. The smallest absolute Gasteiger partial charge is 0.222 e. The van der Waals surface area contributed by atoms with Gasteiger partial charge in [0.1, 0.15) is 23.9 Å². The van der Waals surface area contributed by atoms with Crippen LogP contribution in [0.1, 0.15) is 13.8 Å². The fraction of sp³-hybridized carbons (Fsp3) is 0.219. The second kappa shape index (κ2) is 12.4. The molecule has 2 aromatic heterocycles. The monoisotopic (exact) mass is 534 g/mol. The van der Waals surface area contributed by atoms with E-state index in [2.05, 4.69) is 29.0 Å². The molecule has 3 N–H and O–H groups in total. The SMILES string of the molecule is CCN(CC)CCOc1ccc(-c2nc(N)nc(Nc3ccccc3OC)c2-c2cccc3cccnc23)cc1. The van der Waals surface area contributed by atoms with Crippen LogP contribution in [0.2, 0.25) is 0 Å². The van der Waals surface area contributed by atoms with Crippen LogP contribution in [0.4, 0.5) is 17.5 Å². The van der Waals surface area contributed by atoms with Gasteiger partial charge in [-0.15, -0.1) is 0 Å². The van der Waals surface area contributed by atoms with Gasteiger partial charge in [-0.05, 0) is 55.6 Å². The van der Waals surface area contributed by atoms with Crippen LogP contribution in [0.3, 0.4) is 0 Å². The predicted molar refractivity (Wildman–Crippen MR) is 162 cm³/mol. The van der Waals surface area contributed by atoms with Crippen molar-refractivity contribution < 1.29 is 9.47 Å². The number of nitrogens with one attached hydrogen (secondary N) is 1. The minimum atomic E-state index is 0.156. The van der Waals surface area contributed by atoms with Gasteiger partial charge in [0.2, 0.25) is 5.95 Å². The normalized spacial score (nSPS) is 11.1. The van der Waals surface area contributed by atoms with E-state index in [-0.39, 0.29) is 5.95 Å². The highest BCUT2D eigenvalue weighted by Crippen LogP contribution is 2.41. The summed E-state index contributed by atoms with van der Waals surface area (Å²) in [4.78, 5) is 16.4. The Hall–Kier alpha value is -4.69. The second-order valence-corrected chi connectivity index (χ2v) is 9.26. The summed E-state index contributed by atoms with van der Waals surface area (Å²) >= 11 is 0. The van der Waals surface area contributed by atoms with Crippen LogP contribution >= 0.6 is 0 Å². The quantitative estimate of drug-likeness (QED) is 0.200. The highest BCUT2D eigenvalue weighted by Gasteiger charge is 2.21. The Morgan fingerprint density at radius 1 is 0.875 bits per heavy atom. The van der Waals surface area contributed by atoms with Crippen LogP contribution in [-0.4, -0.2) is 53.2 Å². The Morgan fingerprint density at radius 3 is 2.42 bits per heavy atom. The van der Waals surface area contributed by atoms with Crippen LogP contribution < -0.4 is 20.5 Å². The molecule has 8 heteroatoms. The predicted octanol–water partition coefficient (Wildman–Crippen LogP) is 6.41. The van der Waals surface area contributed by atoms with Gasteiger partial charge in [0.05, 0.1) is 29.6 Å². The number of nitrogen functional groups attached to an aromatic ring is 1. The summed E-state index contributed by atoms with van der Waals surface area (Å²) in [5.74, 6) is 2.21. The standard InChI is InChI=1S/C32H34N6O2/c1-4-38(5-2)20-21-40-24-17-15-23(16-18-24)30-28(25-12-8-10-22-11-9-19-34-29(22)25)31(37-32(33)36-30)35-26-13-6-7-14-27(26)39-3/h6-19H,4-5,20-21H2,1-3H3,(H3,33,35,36,37). The molecule has 8 nitrogen and oxygen atoms in total. The van der Waals surface area contributed by atoms with Crippen LogP contribution in [0.5, 0.6) is 11.5 Å². The summed E-state index contributed by atoms with van der Waals surface area (Å²) in [5.41, 5.74) is 11.2. The van der Waals surface area contributed by atoms with Gasteiger partial charge in [0, 0.05) is 29.3 Å². The van der Waals surface area contributed by atoms with E-state index in [1.54, 1.807) is 13.3 Å². The van der Waals surface area contributed by atoms with Crippen molar-refractivity contribution in [2.75, 3.05) is 44.4 Å². The highest BCUT2D eigenvalue weighted by atomic mass is 16.5. The molecule has 40 heavy (non-hydrogen) atoms. The van der Waals surface area contributed by atoms with E-state index >= 15 is 0 Å². The van der Waals surface area contributed by atoms with Gasteiger partial charge in [-0.3, -0.25) is 4.98 Å². The molecule has 2 heterocycles. The van der Waals surface area contributed by atoms with Crippen molar-refractivity contribution >= 4 is 28.4 Å². The van der Waals surface area contributed by atoms with Gasteiger partial charge in [-0.1, -0.05) is 50.2 Å². The topological polar surface area (TPSA) is 98.4 Å². The number of pyridine rings is 1. The molecular weight excluding hydrogens is 500 g/mol. The van der Waals surface area contributed by atoms with Crippen molar-refractivity contribution in [1.82, 2.24) is 19.9 Å². The molecule has 0 aliphatic heterocycles. The average molecular weight is 535 g/mol. The number of nitrogens with two attached hydrogens (primary N) is 1. The molecule has 5 aromatic rings. The first-order valence-electron chi connectivity index (χ1n) is 13.5. The summed E-state index contributed by atoms with van der Waals surface area (Å²) < 4.78 is 11.6. The molecule has 0 saturated carbocycles. The van der Waals surface area contributed by atoms with E-state index in [1.807, 2.05) is 78.9 Å². The maximum atomic E-state index is 6.29. The number of anilines is 3. The lowest BCUT2D eigenvalue weighted by Gasteiger charge is -2.19. The molecule has 0 atom stereocenters. The van der Waals surface area contributed by atoms with E-state index < -0.39 is 0 Å². The lowest BCUT2D eigenvalue weighted by atomic mass is 9.97. The van der Waals surface area contributed by atoms with Crippen LogP contribution in [0.15, 0.2) is 85.1 Å². The van der Waals surface area contributed by atoms with Gasteiger partial charge < -0.3 is 25.4 Å². The highest BCUT2D eigenvalue weighted by molar-refractivity contribution is 6.01. The van der Waals surface area contributed by atoms with Crippen molar-refractivity contribution in [3.05, 3.63) is 85.1 Å². The molecular formula is C32H34N6O2. The van der Waals surface area contributed by atoms with Gasteiger partial charge in [0.15, 0.2) is 0 Å². The number of aromatic nitrogens is 3. The van der Waals surface area contributed by atoms with Crippen molar-refractivity contribution in [1.29, 1.82) is 0 Å². The number of rotatable bonds is 11. The van der Waals surface area contributed by atoms with Crippen molar-refractivity contribution in [3.63, 3.8) is 0 Å². The minimum Gasteiger partial charge on any atom is -0.495 e. The number of para-hydroxylation sites is 3. The molecule has 0 saturated heterocycles. The molecule has 0 radical (unpaired) electrons. The molecule has 0 aliphatic rings. The molecule has 0 unspecified atom stereocenters. The van der Waals surface area contributed by atoms with Gasteiger partial charge in [-0.2, -0.15) is 4.98 Å². The first-order chi connectivity index (χ1) is 19.6. The summed E-state index contributed by atoms with van der Waals surface area (Å²) in [6, 6.07) is 25.7. The zero-order valence-corrected chi connectivity index (χ0v) is 23.1. The second-order valence-electron chi connectivity index (χ2n) is 9.26. The Bertz CT molecular complexity index is 1580. The third-order valence-electron chi connectivity index (χ3n) is 6.89. The van der Waals surface area contributed by atoms with Gasteiger partial charge >= 0.3 is 0 Å². The molecule has 204 valence electrons. The fourth-order valence-corrected chi connectivity index (χ4v) is 4.76. The first kappa shape index (κ1) is 26.9. The Balaban J connectivity index is 1.60. The largest absolute Gasteiger partial charge is 0.495 e. The zero-order valence-electron chi connectivity index (χ0n) is 23.1. The maximum absolute atomic E-state index is 6.29. The van der Waals surface area contributed by atoms with E-state index in [4.69, 9.17) is 25.2 Å². The summed E-state index contributed by atoms with van der Waals surface area (Å²) in [6.07, 6.45) is 1.79. The lowest BCUT2D eigenvalue weighted by molar-refractivity contribution is 0.223. The number of fused-ring (bicyclic) bond motifs is 1. The van der Waals surface area contributed by atoms with Crippen LogP contribution in [-0.2, 0) is 0 Å². The molecule has 0 amide bonds. The van der Waals surface area contributed by atoms with Gasteiger partial charge in [-0.25, -0.2) is 4.98 Å². The third kappa shape index (κ3) is 5.82. The van der Waals surface area contributed by atoms with Gasteiger partial charge in [0.25, 0.3) is 0 Å². The van der Waals surface area contributed by atoms with Crippen LogP contribution in [0.25, 0.3) is 33.3 Å². The number of hydrogen-bond acceptors (Lipinski definition) is 8. The molecule has 0 fully saturated rings. The average Bonchev–Trinajstić information content (AvgIpc) is 2.99. The van der Waals surface area contributed by atoms with Crippen molar-refractivity contribution in [3.8, 4) is 33.9 Å². The van der Waals surface area contributed by atoms with E-state index in [1.165, 1.54) is 0 Å². The minimum absolute atomic E-state index is 0.156. The molecule has 0 aliphatic carbocycles. The number of hydrogen-bond donors (Lipinski definition) is 2. The summed E-state index contributed by atoms with van der Waals surface area (Å²) in [6.45, 7) is 7.84. The Labute approximate surface area is 234 Å². The first-order valence-corrected chi connectivity index (χ1v) is 13.5. The maximum Gasteiger partial charge on any atom is 0.222 e. The molecule has 0 bridgehead atoms. The van der Waals surface area contributed by atoms with Crippen molar-refractivity contribution in [2.24, 2.45) is 0 Å². The summed E-state index contributed by atoms with van der Waals surface area (Å²) in [5, 5.41) is 4.47. The van der Waals surface area contributed by atoms with E-state index in [0.717, 1.165) is 58.7 Å². The van der Waals surface area contributed by atoms with Crippen LogP contribution in [0, 0.1) is 0 Å². The molecule has 5 rings (SSSR count). The molecule has 3 aromatic carbocycles. The lowest BCUT2D eigenvalue weighted by Crippen LogP contribution is -2.27. The summed E-state index contributed by atoms with van der Waals surface area (Å²) in [7, 11) is 1.64. The van der Waals surface area contributed by atoms with E-state index in [0.29, 0.717) is 23.9 Å². The fourth-order valence-electron chi connectivity index (χ4n) is 4.76. The number of nitrogens with zero attached hydrogens (tertiary/aromatic N) is 4. The van der Waals surface area contributed by atoms with Crippen molar-refractivity contribution in [2.45, 2.75) is 13.8 Å². The Morgan fingerprint density at radius 2 is 1.65 bits per heavy atom. The Kier molecular flexibility index (Phi) is 8.37. The number of benzene rings is 3. The van der Waals surface area contributed by atoms with E-state index in [9.17, 15) is 0 Å². The number of methoxy groups -OCH3 is 1. The number of likely N-dealkylation sites (N-methyl/N-ethyl adjacent to an activating group) is 1. The number of ether oxygens (including phenoxy) is 2.